The minimum absolute atomic E-state index is 0.722. The molecule has 0 aliphatic rings. The molecule has 0 saturated heterocycles. The fourth-order valence-electron chi connectivity index (χ4n) is 4.10. The maximum Gasteiger partial charge on any atom is 0.162 e. The van der Waals surface area contributed by atoms with E-state index in [1.54, 1.807) is 6.20 Å². The summed E-state index contributed by atoms with van der Waals surface area (Å²) in [6.45, 7) is 1.87. The van der Waals surface area contributed by atoms with Gasteiger partial charge in [-0.1, -0.05) is 54.6 Å². The molecule has 1 N–H and O–H groups in total. The summed E-state index contributed by atoms with van der Waals surface area (Å²) < 4.78 is 0. The van der Waals surface area contributed by atoms with Crippen molar-refractivity contribution >= 4 is 27.5 Å². The SMILES string of the molecule is CN(C)CCCNc1nc(-c2ccc3ccccc3c2)nc2c(-c3cccnc3)cccc12. The fraction of sp³-hybridized carbons (Fsp3) is 0.179. The molecule has 2 aromatic heterocycles. The van der Waals surface area contributed by atoms with E-state index in [4.69, 9.17) is 9.97 Å². The first-order valence-electron chi connectivity index (χ1n) is 11.3. The van der Waals surface area contributed by atoms with Crippen LogP contribution in [-0.2, 0) is 0 Å². The topological polar surface area (TPSA) is 53.9 Å². The molecule has 2 heterocycles. The highest BCUT2D eigenvalue weighted by atomic mass is 15.1. The summed E-state index contributed by atoms with van der Waals surface area (Å²) in [5.41, 5.74) is 4.04. The predicted molar refractivity (Wildman–Crippen MR) is 137 cm³/mol. The van der Waals surface area contributed by atoms with Crippen molar-refractivity contribution in [3.63, 3.8) is 0 Å². The zero-order valence-corrected chi connectivity index (χ0v) is 19.0. The molecule has 0 amide bonds. The van der Waals surface area contributed by atoms with Crippen molar-refractivity contribution in [1.82, 2.24) is 19.9 Å². The largest absolute Gasteiger partial charge is 0.369 e. The number of nitrogens with one attached hydrogen (secondary N) is 1. The van der Waals surface area contributed by atoms with E-state index in [1.165, 1.54) is 10.8 Å². The molecule has 5 aromatic rings. The summed E-state index contributed by atoms with van der Waals surface area (Å²) in [7, 11) is 4.19. The van der Waals surface area contributed by atoms with E-state index in [0.717, 1.165) is 58.7 Å². The van der Waals surface area contributed by atoms with E-state index < -0.39 is 0 Å². The van der Waals surface area contributed by atoms with Gasteiger partial charge in [-0.05, 0) is 56.0 Å². The van der Waals surface area contributed by atoms with Crippen molar-refractivity contribution < 1.29 is 0 Å². The van der Waals surface area contributed by atoms with Crippen LogP contribution in [0.4, 0.5) is 5.82 Å². The van der Waals surface area contributed by atoms with Crippen molar-refractivity contribution in [3.05, 3.63) is 85.2 Å². The summed E-state index contributed by atoms with van der Waals surface area (Å²) in [6.07, 6.45) is 4.71. The molecule has 5 rings (SSSR count). The lowest BCUT2D eigenvalue weighted by atomic mass is 10.0. The van der Waals surface area contributed by atoms with Gasteiger partial charge in [-0.3, -0.25) is 4.98 Å². The number of fused-ring (bicyclic) bond motifs is 2. The van der Waals surface area contributed by atoms with Crippen LogP contribution in [0.5, 0.6) is 0 Å². The number of hydrogen-bond acceptors (Lipinski definition) is 5. The molecule has 0 saturated carbocycles. The van der Waals surface area contributed by atoms with Gasteiger partial charge < -0.3 is 10.2 Å². The van der Waals surface area contributed by atoms with Gasteiger partial charge in [0.2, 0.25) is 0 Å². The molecule has 164 valence electrons. The molecule has 5 nitrogen and oxygen atoms in total. The Morgan fingerprint density at radius 3 is 2.52 bits per heavy atom. The van der Waals surface area contributed by atoms with Crippen LogP contribution in [0.1, 0.15) is 6.42 Å². The second kappa shape index (κ2) is 9.35. The number of para-hydroxylation sites is 1. The first kappa shape index (κ1) is 21.0. The molecule has 0 atom stereocenters. The van der Waals surface area contributed by atoms with Gasteiger partial charge in [-0.25, -0.2) is 9.97 Å². The summed E-state index contributed by atoms with van der Waals surface area (Å²) in [5.74, 6) is 1.59. The Bertz CT molecular complexity index is 1400. The average Bonchev–Trinajstić information content (AvgIpc) is 2.86. The van der Waals surface area contributed by atoms with Gasteiger partial charge in [-0.2, -0.15) is 0 Å². The van der Waals surface area contributed by atoms with Gasteiger partial charge in [0.15, 0.2) is 5.82 Å². The van der Waals surface area contributed by atoms with Crippen molar-refractivity contribution in [1.29, 1.82) is 0 Å². The third kappa shape index (κ3) is 4.54. The van der Waals surface area contributed by atoms with E-state index in [2.05, 4.69) is 96.0 Å². The molecule has 0 aliphatic heterocycles. The van der Waals surface area contributed by atoms with Crippen LogP contribution in [0.3, 0.4) is 0 Å². The zero-order chi connectivity index (χ0) is 22.6. The number of nitrogens with zero attached hydrogens (tertiary/aromatic N) is 4. The van der Waals surface area contributed by atoms with Gasteiger partial charge in [0.1, 0.15) is 5.82 Å². The van der Waals surface area contributed by atoms with Crippen LogP contribution in [-0.4, -0.2) is 47.0 Å². The lowest BCUT2D eigenvalue weighted by Gasteiger charge is -2.15. The molecule has 0 spiro atoms. The van der Waals surface area contributed by atoms with Crippen molar-refractivity contribution in [2.24, 2.45) is 0 Å². The Labute approximate surface area is 194 Å². The number of anilines is 1. The quantitative estimate of drug-likeness (QED) is 0.325. The summed E-state index contributed by atoms with van der Waals surface area (Å²) >= 11 is 0. The summed E-state index contributed by atoms with van der Waals surface area (Å²) in [5, 5.41) is 6.98. The molecule has 3 aromatic carbocycles. The zero-order valence-electron chi connectivity index (χ0n) is 19.0. The highest BCUT2D eigenvalue weighted by Gasteiger charge is 2.14. The third-order valence-electron chi connectivity index (χ3n) is 5.78. The van der Waals surface area contributed by atoms with Crippen molar-refractivity contribution in [3.8, 4) is 22.5 Å². The molecule has 0 bridgehead atoms. The maximum atomic E-state index is 5.06. The Morgan fingerprint density at radius 2 is 1.70 bits per heavy atom. The number of pyridine rings is 1. The lowest BCUT2D eigenvalue weighted by Crippen LogP contribution is -2.17. The van der Waals surface area contributed by atoms with Gasteiger partial charge >= 0.3 is 0 Å². The Hall–Kier alpha value is -3.83. The van der Waals surface area contributed by atoms with Gasteiger partial charge in [-0.15, -0.1) is 0 Å². The van der Waals surface area contributed by atoms with Crippen LogP contribution < -0.4 is 5.32 Å². The summed E-state index contributed by atoms with van der Waals surface area (Å²) in [4.78, 5) is 16.6. The molecule has 5 heteroatoms. The van der Waals surface area contributed by atoms with Gasteiger partial charge in [0.05, 0.1) is 5.52 Å². The average molecular weight is 434 g/mol. The van der Waals surface area contributed by atoms with E-state index >= 15 is 0 Å². The third-order valence-corrected chi connectivity index (χ3v) is 5.78. The van der Waals surface area contributed by atoms with Crippen LogP contribution in [0.2, 0.25) is 0 Å². The number of rotatable bonds is 7. The molecular weight excluding hydrogens is 406 g/mol. The Balaban J connectivity index is 1.65. The molecule has 0 radical (unpaired) electrons. The standard InChI is InChI=1S/C28H27N5/c1-33(2)17-7-16-30-28-25-12-5-11-24(23-10-6-15-29-19-23)26(25)31-27(32-28)22-14-13-20-8-3-4-9-21(20)18-22/h3-6,8-15,18-19H,7,16-17H2,1-2H3,(H,30,31,32). The number of hydrogen-bond donors (Lipinski definition) is 1. The normalized spacial score (nSPS) is 11.4. The maximum absolute atomic E-state index is 5.06. The van der Waals surface area contributed by atoms with Crippen LogP contribution in [0.15, 0.2) is 85.2 Å². The van der Waals surface area contributed by atoms with Crippen LogP contribution in [0.25, 0.3) is 44.2 Å². The second-order valence-electron chi connectivity index (χ2n) is 8.48. The highest BCUT2D eigenvalue weighted by molar-refractivity contribution is 6.00. The van der Waals surface area contributed by atoms with Crippen LogP contribution in [0, 0.1) is 0 Å². The van der Waals surface area contributed by atoms with E-state index in [1.807, 2.05) is 12.3 Å². The molecular formula is C28H27N5. The van der Waals surface area contributed by atoms with Gasteiger partial charge in [0, 0.05) is 41.0 Å². The second-order valence-corrected chi connectivity index (χ2v) is 8.48. The fourth-order valence-corrected chi connectivity index (χ4v) is 4.10. The Morgan fingerprint density at radius 1 is 0.818 bits per heavy atom. The Kier molecular flexibility index (Phi) is 5.96. The number of aromatic nitrogens is 3. The molecule has 0 unspecified atom stereocenters. The highest BCUT2D eigenvalue weighted by Crippen LogP contribution is 2.33. The van der Waals surface area contributed by atoms with E-state index in [0.29, 0.717) is 0 Å². The minimum Gasteiger partial charge on any atom is -0.369 e. The summed E-state index contributed by atoms with van der Waals surface area (Å²) in [6, 6.07) is 25.1. The monoisotopic (exact) mass is 433 g/mol. The number of benzene rings is 3. The van der Waals surface area contributed by atoms with Crippen molar-refractivity contribution in [2.45, 2.75) is 6.42 Å². The first-order valence-corrected chi connectivity index (χ1v) is 11.3. The molecule has 0 aliphatic carbocycles. The predicted octanol–water partition coefficient (Wildman–Crippen LogP) is 5.88. The van der Waals surface area contributed by atoms with Crippen molar-refractivity contribution in [2.75, 3.05) is 32.5 Å². The minimum atomic E-state index is 0.722. The first-order chi connectivity index (χ1) is 16.2. The molecule has 33 heavy (non-hydrogen) atoms. The van der Waals surface area contributed by atoms with Crippen LogP contribution >= 0.6 is 0 Å². The molecule has 0 fully saturated rings. The van der Waals surface area contributed by atoms with E-state index in [9.17, 15) is 0 Å². The van der Waals surface area contributed by atoms with E-state index in [-0.39, 0.29) is 0 Å². The van der Waals surface area contributed by atoms with Gasteiger partial charge in [0.25, 0.3) is 0 Å². The smallest absolute Gasteiger partial charge is 0.162 e. The lowest BCUT2D eigenvalue weighted by molar-refractivity contribution is 0.405.